The van der Waals surface area contributed by atoms with Crippen LogP contribution in [-0.4, -0.2) is 0 Å². The summed E-state index contributed by atoms with van der Waals surface area (Å²) in [6.07, 6.45) is 0. The van der Waals surface area contributed by atoms with Crippen LogP contribution >= 0.6 is 0 Å². The van der Waals surface area contributed by atoms with Gasteiger partial charge in [0, 0.05) is 11.8 Å². The molecule has 8 rings (SSSR count). The molecule has 0 spiro atoms. The summed E-state index contributed by atoms with van der Waals surface area (Å²) in [4.78, 5) is 0. The molecular weight excluding hydrogens is 496 g/mol. The highest BCUT2D eigenvalue weighted by Gasteiger charge is 2.32. The van der Waals surface area contributed by atoms with Crippen LogP contribution in [0.4, 0.5) is 0 Å². The van der Waals surface area contributed by atoms with Crippen LogP contribution in [0, 0.1) is 0 Å². The summed E-state index contributed by atoms with van der Waals surface area (Å²) in [5.41, 5.74) is 16.0. The predicted molar refractivity (Wildman–Crippen MR) is 167 cm³/mol. The SMILES string of the molecule is c1ccc(C2c3ccccc3-c3ccccc32)c(COCc2ccccc2C2c3ccccc3-c3ccccc32)c1. The minimum Gasteiger partial charge on any atom is -0.372 e. The Balaban J connectivity index is 1.10. The normalized spacial score (nSPS) is 13.5. The van der Waals surface area contributed by atoms with Crippen molar-refractivity contribution >= 4 is 0 Å². The first kappa shape index (κ1) is 24.1. The highest BCUT2D eigenvalue weighted by Crippen LogP contribution is 2.50. The zero-order chi connectivity index (χ0) is 27.2. The molecule has 6 aromatic carbocycles. The molecule has 0 aromatic heterocycles. The summed E-state index contributed by atoms with van der Waals surface area (Å²) in [6, 6.07) is 53.0. The molecule has 0 aliphatic heterocycles. The molecule has 0 heterocycles. The Kier molecular flexibility index (Phi) is 5.90. The van der Waals surface area contributed by atoms with E-state index in [0.717, 1.165) is 0 Å². The van der Waals surface area contributed by atoms with Gasteiger partial charge in [-0.3, -0.25) is 0 Å². The Hall–Kier alpha value is -4.72. The average molecular weight is 527 g/mol. The largest absolute Gasteiger partial charge is 0.372 e. The van der Waals surface area contributed by atoms with E-state index in [4.69, 9.17) is 4.74 Å². The maximum absolute atomic E-state index is 6.56. The summed E-state index contributed by atoms with van der Waals surface area (Å²) in [5.74, 6) is 0.446. The van der Waals surface area contributed by atoms with E-state index >= 15 is 0 Å². The Morgan fingerprint density at radius 1 is 0.317 bits per heavy atom. The summed E-state index contributed by atoms with van der Waals surface area (Å²) in [7, 11) is 0. The first-order valence-electron chi connectivity index (χ1n) is 14.5. The van der Waals surface area contributed by atoms with Gasteiger partial charge in [0.1, 0.15) is 0 Å². The molecule has 2 aliphatic rings. The van der Waals surface area contributed by atoms with Gasteiger partial charge in [0.15, 0.2) is 0 Å². The molecule has 0 bridgehead atoms. The third-order valence-electron chi connectivity index (χ3n) is 8.91. The average Bonchev–Trinajstić information content (AvgIpc) is 3.55. The van der Waals surface area contributed by atoms with E-state index in [1.807, 2.05) is 0 Å². The van der Waals surface area contributed by atoms with Gasteiger partial charge in [-0.05, 0) is 66.8 Å². The number of hydrogen-bond donors (Lipinski definition) is 0. The fraction of sp³-hybridized carbons (Fsp3) is 0.100. The summed E-state index contributed by atoms with van der Waals surface area (Å²) >= 11 is 0. The standard InChI is InChI=1S/C40H30O/c1-3-15-29(39-35-21-9-5-17-31(35)32-18-6-10-22-36(32)39)27(13-1)25-41-26-28-14-2-4-16-30(28)40-37-23-11-7-19-33(37)34-20-8-12-24-38(34)40/h1-24,39-40H,25-26H2. The second-order valence-electron chi connectivity index (χ2n) is 11.1. The number of benzene rings is 6. The molecule has 41 heavy (non-hydrogen) atoms. The van der Waals surface area contributed by atoms with E-state index in [2.05, 4.69) is 146 Å². The molecule has 0 fully saturated rings. The molecule has 196 valence electrons. The molecule has 0 radical (unpaired) electrons. The van der Waals surface area contributed by atoms with Crippen molar-refractivity contribution < 1.29 is 4.74 Å². The predicted octanol–water partition coefficient (Wildman–Crippen LogP) is 9.72. The van der Waals surface area contributed by atoms with Crippen LogP contribution < -0.4 is 0 Å². The van der Waals surface area contributed by atoms with Crippen LogP contribution in [0.5, 0.6) is 0 Å². The first-order chi connectivity index (χ1) is 20.4. The van der Waals surface area contributed by atoms with Crippen LogP contribution in [0.15, 0.2) is 146 Å². The number of rotatable bonds is 6. The van der Waals surface area contributed by atoms with Crippen molar-refractivity contribution in [3.8, 4) is 22.3 Å². The molecule has 2 aliphatic carbocycles. The van der Waals surface area contributed by atoms with E-state index in [1.54, 1.807) is 0 Å². The van der Waals surface area contributed by atoms with E-state index in [9.17, 15) is 0 Å². The topological polar surface area (TPSA) is 9.23 Å². The molecule has 0 unspecified atom stereocenters. The van der Waals surface area contributed by atoms with E-state index in [0.29, 0.717) is 13.2 Å². The van der Waals surface area contributed by atoms with Crippen LogP contribution in [0.1, 0.15) is 56.3 Å². The van der Waals surface area contributed by atoms with Crippen LogP contribution in [0.25, 0.3) is 22.3 Å². The third kappa shape index (κ3) is 3.96. The Bertz CT molecular complexity index is 1670. The van der Waals surface area contributed by atoms with Crippen molar-refractivity contribution in [3.05, 3.63) is 190 Å². The lowest BCUT2D eigenvalue weighted by molar-refractivity contribution is 0.106. The van der Waals surface area contributed by atoms with Crippen molar-refractivity contribution in [2.75, 3.05) is 0 Å². The van der Waals surface area contributed by atoms with E-state index in [1.165, 1.54) is 66.8 Å². The molecule has 0 N–H and O–H groups in total. The van der Waals surface area contributed by atoms with Crippen LogP contribution in [0.3, 0.4) is 0 Å². The van der Waals surface area contributed by atoms with Gasteiger partial charge < -0.3 is 4.74 Å². The summed E-state index contributed by atoms with van der Waals surface area (Å²) < 4.78 is 6.56. The monoisotopic (exact) mass is 526 g/mol. The van der Waals surface area contributed by atoms with Crippen molar-refractivity contribution in [1.29, 1.82) is 0 Å². The van der Waals surface area contributed by atoms with Gasteiger partial charge in [-0.2, -0.15) is 0 Å². The molecule has 0 atom stereocenters. The molecule has 0 saturated heterocycles. The summed E-state index contributed by atoms with van der Waals surface area (Å²) in [6.45, 7) is 1.15. The second-order valence-corrected chi connectivity index (χ2v) is 11.1. The van der Waals surface area contributed by atoms with Gasteiger partial charge >= 0.3 is 0 Å². The Morgan fingerprint density at radius 3 is 0.927 bits per heavy atom. The highest BCUT2D eigenvalue weighted by atomic mass is 16.5. The lowest BCUT2D eigenvalue weighted by atomic mass is 9.86. The fourth-order valence-corrected chi connectivity index (χ4v) is 7.15. The zero-order valence-corrected chi connectivity index (χ0v) is 22.8. The Labute approximate surface area is 241 Å². The van der Waals surface area contributed by atoms with E-state index in [-0.39, 0.29) is 11.8 Å². The zero-order valence-electron chi connectivity index (χ0n) is 22.8. The van der Waals surface area contributed by atoms with Crippen LogP contribution in [0.2, 0.25) is 0 Å². The van der Waals surface area contributed by atoms with Crippen molar-refractivity contribution in [2.45, 2.75) is 25.0 Å². The van der Waals surface area contributed by atoms with Gasteiger partial charge in [0.25, 0.3) is 0 Å². The highest BCUT2D eigenvalue weighted by molar-refractivity contribution is 5.82. The smallest absolute Gasteiger partial charge is 0.0724 e. The fourth-order valence-electron chi connectivity index (χ4n) is 7.15. The van der Waals surface area contributed by atoms with Crippen molar-refractivity contribution in [2.24, 2.45) is 0 Å². The summed E-state index contributed by atoms with van der Waals surface area (Å²) in [5, 5.41) is 0. The molecule has 0 saturated carbocycles. The molecule has 6 aromatic rings. The third-order valence-corrected chi connectivity index (χ3v) is 8.91. The van der Waals surface area contributed by atoms with Gasteiger partial charge in [0.05, 0.1) is 13.2 Å². The van der Waals surface area contributed by atoms with Gasteiger partial charge in [0.2, 0.25) is 0 Å². The minimum absolute atomic E-state index is 0.223. The van der Waals surface area contributed by atoms with Crippen molar-refractivity contribution in [3.63, 3.8) is 0 Å². The number of ether oxygens (including phenoxy) is 1. The Morgan fingerprint density at radius 2 is 0.585 bits per heavy atom. The van der Waals surface area contributed by atoms with E-state index < -0.39 is 0 Å². The lowest BCUT2D eigenvalue weighted by Gasteiger charge is -2.20. The minimum atomic E-state index is 0.223. The maximum Gasteiger partial charge on any atom is 0.0724 e. The van der Waals surface area contributed by atoms with Gasteiger partial charge in [-0.15, -0.1) is 0 Å². The van der Waals surface area contributed by atoms with Crippen molar-refractivity contribution in [1.82, 2.24) is 0 Å². The molecular formula is C40H30O. The van der Waals surface area contributed by atoms with Crippen LogP contribution in [-0.2, 0) is 18.0 Å². The lowest BCUT2D eigenvalue weighted by Crippen LogP contribution is -2.07. The maximum atomic E-state index is 6.56. The second kappa shape index (κ2) is 10.0. The molecule has 1 heteroatoms. The molecule has 1 nitrogen and oxygen atoms in total. The quantitative estimate of drug-likeness (QED) is 0.210. The number of hydrogen-bond acceptors (Lipinski definition) is 1. The number of fused-ring (bicyclic) bond motifs is 6. The van der Waals surface area contributed by atoms with Gasteiger partial charge in [-0.25, -0.2) is 0 Å². The van der Waals surface area contributed by atoms with Gasteiger partial charge in [-0.1, -0.05) is 146 Å². The molecule has 0 amide bonds. The first-order valence-corrected chi connectivity index (χ1v) is 14.5.